The fourth-order valence-electron chi connectivity index (χ4n) is 1.86. The third-order valence-electron chi connectivity index (χ3n) is 3.01. The molecule has 0 saturated heterocycles. The molecule has 0 saturated carbocycles. The van der Waals surface area contributed by atoms with Gasteiger partial charge in [-0.1, -0.05) is 25.5 Å². The summed E-state index contributed by atoms with van der Waals surface area (Å²) in [5, 5.41) is 2.83. The summed E-state index contributed by atoms with van der Waals surface area (Å²) in [6.45, 7) is 2.60. The van der Waals surface area contributed by atoms with Crippen molar-refractivity contribution >= 4 is 5.91 Å². The number of imidazole rings is 1. The molecule has 0 aliphatic rings. The maximum atomic E-state index is 11.9. The van der Waals surface area contributed by atoms with Gasteiger partial charge in [-0.2, -0.15) is 0 Å². The summed E-state index contributed by atoms with van der Waals surface area (Å²) in [6, 6.07) is 7.81. The number of amides is 1. The smallest absolute Gasteiger partial charge is 0.251 e. The van der Waals surface area contributed by atoms with E-state index >= 15 is 0 Å². The van der Waals surface area contributed by atoms with Gasteiger partial charge >= 0.3 is 0 Å². The molecule has 1 heterocycles. The summed E-state index contributed by atoms with van der Waals surface area (Å²) in [5.41, 5.74) is 1.97. The van der Waals surface area contributed by atoms with Gasteiger partial charge in [-0.15, -0.1) is 0 Å². The predicted octanol–water partition coefficient (Wildman–Crippen LogP) is 2.68. The maximum Gasteiger partial charge on any atom is 0.251 e. The Bertz CT molecular complexity index is 503. The van der Waals surface area contributed by atoms with E-state index in [0.29, 0.717) is 12.1 Å². The van der Waals surface area contributed by atoms with Crippen LogP contribution in [0, 0.1) is 0 Å². The molecule has 0 spiro atoms. The lowest BCUT2D eigenvalue weighted by Crippen LogP contribution is -2.23. The Kier molecular flexibility index (Phi) is 4.72. The lowest BCUT2D eigenvalue weighted by Gasteiger charge is -2.05. The van der Waals surface area contributed by atoms with E-state index in [1.165, 1.54) is 18.4 Å². The Hall–Kier alpha value is -2.10. The molecule has 0 aliphatic carbocycles. The highest BCUT2D eigenvalue weighted by Crippen LogP contribution is 2.08. The first-order valence-electron chi connectivity index (χ1n) is 6.65. The molecule has 2 N–H and O–H groups in total. The highest BCUT2D eigenvalue weighted by Gasteiger charge is 2.05. The number of benzene rings is 1. The third kappa shape index (κ3) is 3.95. The average molecular weight is 257 g/mol. The van der Waals surface area contributed by atoms with Crippen LogP contribution >= 0.6 is 0 Å². The lowest BCUT2D eigenvalue weighted by atomic mass is 10.1. The van der Waals surface area contributed by atoms with Gasteiger partial charge in [0.05, 0.1) is 6.54 Å². The van der Waals surface area contributed by atoms with Crippen LogP contribution in [-0.2, 0) is 13.0 Å². The molecule has 0 fully saturated rings. The molecule has 19 heavy (non-hydrogen) atoms. The van der Waals surface area contributed by atoms with E-state index in [0.717, 1.165) is 12.2 Å². The van der Waals surface area contributed by atoms with Crippen LogP contribution in [0.2, 0.25) is 0 Å². The monoisotopic (exact) mass is 257 g/mol. The molecule has 0 radical (unpaired) electrons. The number of hydrogen-bond acceptors (Lipinski definition) is 2. The van der Waals surface area contributed by atoms with Gasteiger partial charge in [-0.25, -0.2) is 4.98 Å². The van der Waals surface area contributed by atoms with Gasteiger partial charge in [0.2, 0.25) is 0 Å². The second kappa shape index (κ2) is 6.73. The van der Waals surface area contributed by atoms with Crippen molar-refractivity contribution in [2.24, 2.45) is 0 Å². The quantitative estimate of drug-likeness (QED) is 0.836. The molecule has 1 aromatic heterocycles. The van der Waals surface area contributed by atoms with E-state index in [4.69, 9.17) is 0 Å². The molecule has 0 atom stereocenters. The van der Waals surface area contributed by atoms with Crippen molar-refractivity contribution in [1.82, 2.24) is 15.3 Å². The van der Waals surface area contributed by atoms with E-state index in [2.05, 4.69) is 22.2 Å². The number of rotatable bonds is 6. The van der Waals surface area contributed by atoms with Crippen molar-refractivity contribution < 1.29 is 4.79 Å². The van der Waals surface area contributed by atoms with Crippen molar-refractivity contribution in [3.8, 4) is 0 Å². The SMILES string of the molecule is CCCCc1ccc(C(=O)NCc2ncc[nH]2)cc1. The van der Waals surface area contributed by atoms with Gasteiger partial charge in [-0.05, 0) is 30.5 Å². The van der Waals surface area contributed by atoms with Crippen molar-refractivity contribution in [3.63, 3.8) is 0 Å². The summed E-state index contributed by atoms with van der Waals surface area (Å²) in [5.74, 6) is 0.686. The van der Waals surface area contributed by atoms with Crippen LogP contribution < -0.4 is 5.32 Å². The molecule has 100 valence electrons. The first kappa shape index (κ1) is 13.3. The first-order chi connectivity index (χ1) is 9.29. The normalized spacial score (nSPS) is 10.4. The van der Waals surface area contributed by atoms with Crippen LogP contribution in [0.5, 0.6) is 0 Å². The Morgan fingerprint density at radius 2 is 2.11 bits per heavy atom. The van der Waals surface area contributed by atoms with Crippen LogP contribution in [0.1, 0.15) is 41.5 Å². The van der Waals surface area contributed by atoms with E-state index in [9.17, 15) is 4.79 Å². The van der Waals surface area contributed by atoms with Crippen LogP contribution in [0.15, 0.2) is 36.7 Å². The molecule has 1 aromatic carbocycles. The van der Waals surface area contributed by atoms with Gasteiger partial charge in [-0.3, -0.25) is 4.79 Å². The molecule has 4 heteroatoms. The van der Waals surface area contributed by atoms with Crippen molar-refractivity contribution in [2.75, 3.05) is 0 Å². The van der Waals surface area contributed by atoms with Gasteiger partial charge in [0.15, 0.2) is 0 Å². The Morgan fingerprint density at radius 1 is 1.32 bits per heavy atom. The second-order valence-electron chi connectivity index (χ2n) is 4.52. The zero-order valence-electron chi connectivity index (χ0n) is 11.1. The number of hydrogen-bond donors (Lipinski definition) is 2. The Balaban J connectivity index is 1.88. The van der Waals surface area contributed by atoms with E-state index in [-0.39, 0.29) is 5.91 Å². The number of aryl methyl sites for hydroxylation is 1. The van der Waals surface area contributed by atoms with Crippen LogP contribution in [0.3, 0.4) is 0 Å². The molecule has 4 nitrogen and oxygen atoms in total. The molecular weight excluding hydrogens is 238 g/mol. The lowest BCUT2D eigenvalue weighted by molar-refractivity contribution is 0.0950. The van der Waals surface area contributed by atoms with Gasteiger partial charge in [0.1, 0.15) is 5.82 Å². The fourth-order valence-corrected chi connectivity index (χ4v) is 1.86. The minimum absolute atomic E-state index is 0.0709. The topological polar surface area (TPSA) is 57.8 Å². The van der Waals surface area contributed by atoms with E-state index in [1.807, 2.05) is 24.3 Å². The largest absolute Gasteiger partial charge is 0.347 e. The fraction of sp³-hybridized carbons (Fsp3) is 0.333. The van der Waals surface area contributed by atoms with E-state index < -0.39 is 0 Å². The van der Waals surface area contributed by atoms with Crippen LogP contribution in [0.25, 0.3) is 0 Å². The molecule has 2 aromatic rings. The number of carbonyl (C=O) groups is 1. The minimum Gasteiger partial charge on any atom is -0.347 e. The van der Waals surface area contributed by atoms with Crippen LogP contribution in [-0.4, -0.2) is 15.9 Å². The minimum atomic E-state index is -0.0709. The number of aromatic nitrogens is 2. The number of nitrogens with zero attached hydrogens (tertiary/aromatic N) is 1. The third-order valence-corrected chi connectivity index (χ3v) is 3.01. The Morgan fingerprint density at radius 3 is 2.74 bits per heavy atom. The van der Waals surface area contributed by atoms with Crippen molar-refractivity contribution in [3.05, 3.63) is 53.6 Å². The molecule has 2 rings (SSSR count). The van der Waals surface area contributed by atoms with Crippen molar-refractivity contribution in [1.29, 1.82) is 0 Å². The summed E-state index contributed by atoms with van der Waals surface area (Å²) < 4.78 is 0. The number of H-pyrrole nitrogens is 1. The zero-order chi connectivity index (χ0) is 13.5. The van der Waals surface area contributed by atoms with Crippen LogP contribution in [0.4, 0.5) is 0 Å². The number of unbranched alkanes of at least 4 members (excludes halogenated alkanes) is 1. The molecule has 0 aliphatic heterocycles. The standard InChI is InChI=1S/C15H19N3O/c1-2-3-4-12-5-7-13(8-6-12)15(19)18-11-14-16-9-10-17-14/h5-10H,2-4,11H2,1H3,(H,16,17)(H,18,19). The zero-order valence-corrected chi connectivity index (χ0v) is 11.1. The summed E-state index contributed by atoms with van der Waals surface area (Å²) in [6.07, 6.45) is 6.86. The maximum absolute atomic E-state index is 11.9. The second-order valence-corrected chi connectivity index (χ2v) is 4.52. The summed E-state index contributed by atoms with van der Waals surface area (Å²) in [4.78, 5) is 18.9. The molecule has 0 unspecified atom stereocenters. The Labute approximate surface area is 113 Å². The summed E-state index contributed by atoms with van der Waals surface area (Å²) in [7, 11) is 0. The number of nitrogens with one attached hydrogen (secondary N) is 2. The van der Waals surface area contributed by atoms with Gasteiger partial charge < -0.3 is 10.3 Å². The molecular formula is C15H19N3O. The molecule has 0 bridgehead atoms. The number of aromatic amines is 1. The van der Waals surface area contributed by atoms with Gasteiger partial charge in [0.25, 0.3) is 5.91 Å². The highest BCUT2D eigenvalue weighted by atomic mass is 16.1. The van der Waals surface area contributed by atoms with Crippen molar-refractivity contribution in [2.45, 2.75) is 32.7 Å². The molecule has 1 amide bonds. The average Bonchev–Trinajstić information content (AvgIpc) is 2.96. The summed E-state index contributed by atoms with van der Waals surface area (Å²) >= 11 is 0. The first-order valence-corrected chi connectivity index (χ1v) is 6.65. The van der Waals surface area contributed by atoms with E-state index in [1.54, 1.807) is 12.4 Å². The number of carbonyl (C=O) groups excluding carboxylic acids is 1. The van der Waals surface area contributed by atoms with Gasteiger partial charge in [0, 0.05) is 18.0 Å². The highest BCUT2D eigenvalue weighted by molar-refractivity contribution is 5.94. The predicted molar refractivity (Wildman–Crippen MR) is 74.8 cm³/mol.